The molecule has 1 saturated carbocycles. The van der Waals surface area contributed by atoms with Gasteiger partial charge in [0.05, 0.1) is 0 Å². The summed E-state index contributed by atoms with van der Waals surface area (Å²) < 4.78 is 0. The first-order valence-corrected chi connectivity index (χ1v) is 8.23. The molecule has 0 aromatic carbocycles. The average molecular weight is 249 g/mol. The van der Waals surface area contributed by atoms with Crippen LogP contribution in [0.2, 0.25) is 0 Å². The highest BCUT2D eigenvalue weighted by molar-refractivity contribution is 5.14. The summed E-state index contributed by atoms with van der Waals surface area (Å²) in [5, 5.41) is 3.79. The third-order valence-electron chi connectivity index (χ3n) is 4.86. The summed E-state index contributed by atoms with van der Waals surface area (Å²) in [6.07, 6.45) is 15.3. The first kappa shape index (κ1) is 14.1. The molecule has 1 fully saturated rings. The van der Waals surface area contributed by atoms with Crippen molar-refractivity contribution in [1.82, 2.24) is 5.32 Å². The predicted octanol–water partition coefficient (Wildman–Crippen LogP) is 4.68. The molecule has 2 aliphatic carbocycles. The lowest BCUT2D eigenvalue weighted by atomic mass is 9.86. The Bertz CT molecular complexity index is 269. The van der Waals surface area contributed by atoms with E-state index in [2.05, 4.69) is 25.2 Å². The van der Waals surface area contributed by atoms with E-state index in [1.807, 2.05) is 0 Å². The van der Waals surface area contributed by atoms with Crippen molar-refractivity contribution in [3.63, 3.8) is 0 Å². The number of allylic oxidation sites excluding steroid dienone is 1. The molecule has 0 spiro atoms. The van der Waals surface area contributed by atoms with E-state index in [0.717, 1.165) is 18.4 Å². The lowest BCUT2D eigenvalue weighted by Gasteiger charge is -2.28. The highest BCUT2D eigenvalue weighted by Crippen LogP contribution is 2.36. The minimum atomic E-state index is 0.693. The van der Waals surface area contributed by atoms with Crippen LogP contribution >= 0.6 is 0 Å². The Hall–Kier alpha value is -0.300. The first-order chi connectivity index (χ1) is 8.81. The molecule has 0 aromatic rings. The Balaban J connectivity index is 2.02. The van der Waals surface area contributed by atoms with Crippen molar-refractivity contribution in [3.8, 4) is 0 Å². The molecule has 2 aliphatic rings. The van der Waals surface area contributed by atoms with Gasteiger partial charge < -0.3 is 5.32 Å². The second-order valence-corrected chi connectivity index (χ2v) is 6.45. The highest BCUT2D eigenvalue weighted by atomic mass is 14.9. The molecule has 2 rings (SSSR count). The van der Waals surface area contributed by atoms with Gasteiger partial charge in [-0.25, -0.2) is 0 Å². The fourth-order valence-corrected chi connectivity index (χ4v) is 3.87. The number of likely N-dealkylation sites (N-methyl/N-ethyl adjacent to an activating group) is 1. The van der Waals surface area contributed by atoms with E-state index < -0.39 is 0 Å². The van der Waals surface area contributed by atoms with Gasteiger partial charge in [0.25, 0.3) is 0 Å². The van der Waals surface area contributed by atoms with Crippen molar-refractivity contribution in [2.24, 2.45) is 11.8 Å². The van der Waals surface area contributed by atoms with Crippen LogP contribution in [0.15, 0.2) is 11.6 Å². The quantitative estimate of drug-likeness (QED) is 0.713. The van der Waals surface area contributed by atoms with E-state index in [0.29, 0.717) is 6.04 Å². The van der Waals surface area contributed by atoms with Gasteiger partial charge in [-0.3, -0.25) is 0 Å². The monoisotopic (exact) mass is 249 g/mol. The molecule has 0 radical (unpaired) electrons. The average Bonchev–Trinajstić information content (AvgIpc) is 2.73. The maximum atomic E-state index is 3.79. The van der Waals surface area contributed by atoms with Crippen molar-refractivity contribution in [3.05, 3.63) is 11.6 Å². The number of hydrogen-bond acceptors (Lipinski definition) is 1. The zero-order valence-electron chi connectivity index (χ0n) is 12.4. The van der Waals surface area contributed by atoms with E-state index in [1.165, 1.54) is 57.8 Å². The lowest BCUT2D eigenvalue weighted by molar-refractivity contribution is 0.382. The van der Waals surface area contributed by atoms with Gasteiger partial charge in [0.15, 0.2) is 0 Å². The zero-order valence-corrected chi connectivity index (χ0v) is 12.4. The van der Waals surface area contributed by atoms with Crippen molar-refractivity contribution in [2.75, 3.05) is 6.54 Å². The van der Waals surface area contributed by atoms with E-state index in [9.17, 15) is 0 Å². The van der Waals surface area contributed by atoms with Gasteiger partial charge >= 0.3 is 0 Å². The van der Waals surface area contributed by atoms with Crippen LogP contribution in [-0.2, 0) is 0 Å². The largest absolute Gasteiger partial charge is 0.310 e. The molecular weight excluding hydrogens is 218 g/mol. The van der Waals surface area contributed by atoms with Crippen LogP contribution in [0.25, 0.3) is 0 Å². The van der Waals surface area contributed by atoms with Gasteiger partial charge in [0.2, 0.25) is 0 Å². The van der Waals surface area contributed by atoms with Crippen LogP contribution in [0.4, 0.5) is 0 Å². The molecule has 1 nitrogen and oxygen atoms in total. The molecule has 1 heteroatoms. The molecular formula is C17H31N. The summed E-state index contributed by atoms with van der Waals surface area (Å²) >= 11 is 0. The molecule has 0 heterocycles. The fraction of sp³-hybridized carbons (Fsp3) is 0.882. The minimum Gasteiger partial charge on any atom is -0.310 e. The molecule has 1 N–H and O–H groups in total. The SMILES string of the molecule is CCNC(C1=CCCCCCC1)C1CCC(C)C1. The van der Waals surface area contributed by atoms with Gasteiger partial charge in [-0.05, 0) is 56.9 Å². The Labute approximate surface area is 113 Å². The zero-order chi connectivity index (χ0) is 12.8. The second kappa shape index (κ2) is 7.33. The van der Waals surface area contributed by atoms with Gasteiger partial charge in [-0.1, -0.05) is 44.8 Å². The molecule has 0 aliphatic heterocycles. The third-order valence-corrected chi connectivity index (χ3v) is 4.86. The highest BCUT2D eigenvalue weighted by Gasteiger charge is 2.30. The summed E-state index contributed by atoms with van der Waals surface area (Å²) in [6, 6.07) is 0.693. The van der Waals surface area contributed by atoms with E-state index in [-0.39, 0.29) is 0 Å². The fourth-order valence-electron chi connectivity index (χ4n) is 3.87. The molecule has 3 atom stereocenters. The Morgan fingerprint density at radius 3 is 2.78 bits per heavy atom. The number of rotatable bonds is 4. The van der Waals surface area contributed by atoms with Gasteiger partial charge in [0, 0.05) is 6.04 Å². The molecule has 0 amide bonds. The maximum absolute atomic E-state index is 3.79. The Morgan fingerprint density at radius 2 is 2.06 bits per heavy atom. The van der Waals surface area contributed by atoms with Gasteiger partial charge in [-0.2, -0.15) is 0 Å². The van der Waals surface area contributed by atoms with E-state index >= 15 is 0 Å². The smallest absolute Gasteiger partial charge is 0.0307 e. The summed E-state index contributed by atoms with van der Waals surface area (Å²) in [5.74, 6) is 1.86. The molecule has 0 saturated heterocycles. The third kappa shape index (κ3) is 3.85. The van der Waals surface area contributed by atoms with Crippen LogP contribution in [0.3, 0.4) is 0 Å². The number of nitrogens with one attached hydrogen (secondary N) is 1. The minimum absolute atomic E-state index is 0.693. The van der Waals surface area contributed by atoms with Crippen LogP contribution in [0.5, 0.6) is 0 Å². The maximum Gasteiger partial charge on any atom is 0.0307 e. The summed E-state index contributed by atoms with van der Waals surface area (Å²) in [5.41, 5.74) is 1.75. The predicted molar refractivity (Wildman–Crippen MR) is 79.8 cm³/mol. The summed E-state index contributed by atoms with van der Waals surface area (Å²) in [4.78, 5) is 0. The summed E-state index contributed by atoms with van der Waals surface area (Å²) in [6.45, 7) is 5.80. The van der Waals surface area contributed by atoms with Crippen molar-refractivity contribution in [1.29, 1.82) is 0 Å². The summed E-state index contributed by atoms with van der Waals surface area (Å²) in [7, 11) is 0. The first-order valence-electron chi connectivity index (χ1n) is 8.23. The van der Waals surface area contributed by atoms with Crippen LogP contribution in [0.1, 0.15) is 71.6 Å². The van der Waals surface area contributed by atoms with Gasteiger partial charge in [0.1, 0.15) is 0 Å². The van der Waals surface area contributed by atoms with E-state index in [4.69, 9.17) is 0 Å². The number of hydrogen-bond donors (Lipinski definition) is 1. The van der Waals surface area contributed by atoms with Crippen molar-refractivity contribution < 1.29 is 0 Å². The van der Waals surface area contributed by atoms with Crippen molar-refractivity contribution in [2.45, 2.75) is 77.7 Å². The van der Waals surface area contributed by atoms with E-state index in [1.54, 1.807) is 5.57 Å². The second-order valence-electron chi connectivity index (χ2n) is 6.45. The van der Waals surface area contributed by atoms with Crippen LogP contribution in [0, 0.1) is 11.8 Å². The topological polar surface area (TPSA) is 12.0 Å². The van der Waals surface area contributed by atoms with Crippen molar-refractivity contribution >= 4 is 0 Å². The molecule has 3 unspecified atom stereocenters. The van der Waals surface area contributed by atoms with Crippen LogP contribution in [-0.4, -0.2) is 12.6 Å². The molecule has 0 aromatic heterocycles. The van der Waals surface area contributed by atoms with Crippen LogP contribution < -0.4 is 5.32 Å². The molecule has 104 valence electrons. The molecule has 0 bridgehead atoms. The Morgan fingerprint density at radius 1 is 1.22 bits per heavy atom. The van der Waals surface area contributed by atoms with Gasteiger partial charge in [-0.15, -0.1) is 0 Å². The standard InChI is InChI=1S/C17H31N/c1-3-18-17(16-12-11-14(2)13-16)15-9-7-5-4-6-8-10-15/h9,14,16-18H,3-8,10-13H2,1-2H3. The molecule has 18 heavy (non-hydrogen) atoms. The lowest BCUT2D eigenvalue weighted by Crippen LogP contribution is -2.37. The normalized spacial score (nSPS) is 31.6. The Kier molecular flexibility index (Phi) is 5.75.